The SMILES string of the molecule is COC(=O)c1c(Cl)cc(F)c(F)c1F. The number of carbonyl (C=O) groups excluding carboxylic acids is 1. The smallest absolute Gasteiger partial charge is 0.342 e. The minimum atomic E-state index is -1.75. The molecular weight excluding hydrogens is 221 g/mol. The van der Waals surface area contributed by atoms with E-state index in [1.165, 1.54) is 0 Å². The van der Waals surface area contributed by atoms with Gasteiger partial charge in [-0.3, -0.25) is 0 Å². The Hall–Kier alpha value is -1.23. The average molecular weight is 225 g/mol. The summed E-state index contributed by atoms with van der Waals surface area (Å²) in [7, 11) is 0.972. The number of ether oxygens (including phenoxy) is 1. The van der Waals surface area contributed by atoms with Gasteiger partial charge in [0.1, 0.15) is 5.56 Å². The molecule has 0 aromatic heterocycles. The van der Waals surface area contributed by atoms with Gasteiger partial charge in [-0.05, 0) is 6.07 Å². The molecule has 0 aliphatic carbocycles. The standard InChI is InChI=1S/C8H4ClF3O2/c1-14-8(13)5-3(9)2-4(10)6(11)7(5)12/h2H,1H3. The van der Waals surface area contributed by atoms with Crippen molar-refractivity contribution in [2.45, 2.75) is 0 Å². The summed E-state index contributed by atoms with van der Waals surface area (Å²) in [5, 5.41) is -0.534. The first-order valence-electron chi connectivity index (χ1n) is 3.40. The third kappa shape index (κ3) is 1.68. The van der Waals surface area contributed by atoms with Gasteiger partial charge in [0.15, 0.2) is 17.5 Å². The van der Waals surface area contributed by atoms with E-state index in [0.717, 1.165) is 7.11 Å². The van der Waals surface area contributed by atoms with Gasteiger partial charge in [-0.2, -0.15) is 0 Å². The molecule has 76 valence electrons. The van der Waals surface area contributed by atoms with E-state index in [4.69, 9.17) is 11.6 Å². The molecule has 0 unspecified atom stereocenters. The van der Waals surface area contributed by atoms with Crippen LogP contribution in [0.1, 0.15) is 10.4 Å². The lowest BCUT2D eigenvalue weighted by molar-refractivity contribution is 0.0594. The molecule has 0 radical (unpaired) electrons. The summed E-state index contributed by atoms with van der Waals surface area (Å²) >= 11 is 5.33. The van der Waals surface area contributed by atoms with E-state index in [2.05, 4.69) is 4.74 Å². The van der Waals surface area contributed by atoms with Gasteiger partial charge in [0.05, 0.1) is 12.1 Å². The second-order valence-electron chi connectivity index (χ2n) is 2.33. The number of esters is 1. The topological polar surface area (TPSA) is 26.3 Å². The molecule has 0 saturated carbocycles. The van der Waals surface area contributed by atoms with Gasteiger partial charge in [-0.1, -0.05) is 11.6 Å². The summed E-state index contributed by atoms with van der Waals surface area (Å²) in [5.41, 5.74) is -0.812. The molecule has 1 aromatic carbocycles. The van der Waals surface area contributed by atoms with Crippen molar-refractivity contribution >= 4 is 17.6 Å². The molecule has 6 heteroatoms. The molecule has 0 spiro atoms. The molecule has 1 rings (SSSR count). The quantitative estimate of drug-likeness (QED) is 0.416. The van der Waals surface area contributed by atoms with Crippen molar-refractivity contribution in [3.05, 3.63) is 34.1 Å². The maximum Gasteiger partial charge on any atom is 0.342 e. The lowest BCUT2D eigenvalue weighted by Crippen LogP contribution is -2.08. The number of hydrogen-bond donors (Lipinski definition) is 0. The highest BCUT2D eigenvalue weighted by atomic mass is 35.5. The van der Waals surface area contributed by atoms with Crippen molar-refractivity contribution in [2.24, 2.45) is 0 Å². The number of rotatable bonds is 1. The van der Waals surface area contributed by atoms with Gasteiger partial charge < -0.3 is 4.74 Å². The fourth-order valence-electron chi connectivity index (χ4n) is 0.855. The summed E-state index contributed by atoms with van der Waals surface area (Å²) < 4.78 is 42.3. The Kier molecular flexibility index (Phi) is 3.00. The van der Waals surface area contributed by atoms with Crippen molar-refractivity contribution in [3.8, 4) is 0 Å². The Bertz CT molecular complexity index is 393. The molecule has 2 nitrogen and oxygen atoms in total. The normalized spacial score (nSPS) is 10.1. The van der Waals surface area contributed by atoms with E-state index < -0.39 is 34.0 Å². The number of methoxy groups -OCH3 is 1. The monoisotopic (exact) mass is 224 g/mol. The van der Waals surface area contributed by atoms with E-state index in [1.807, 2.05) is 0 Å². The summed E-state index contributed by atoms with van der Waals surface area (Å²) in [6, 6.07) is 0.506. The first kappa shape index (κ1) is 10.8. The molecule has 0 atom stereocenters. The predicted molar refractivity (Wildman–Crippen MR) is 42.7 cm³/mol. The summed E-state index contributed by atoms with van der Waals surface area (Å²) in [4.78, 5) is 10.9. The third-order valence-corrected chi connectivity index (χ3v) is 1.80. The number of benzene rings is 1. The molecule has 0 heterocycles. The molecule has 0 fully saturated rings. The highest BCUT2D eigenvalue weighted by molar-refractivity contribution is 6.33. The van der Waals surface area contributed by atoms with Crippen molar-refractivity contribution in [1.29, 1.82) is 0 Å². The van der Waals surface area contributed by atoms with Crippen molar-refractivity contribution in [2.75, 3.05) is 7.11 Å². The van der Waals surface area contributed by atoms with Gasteiger partial charge in [0.2, 0.25) is 0 Å². The Balaban J connectivity index is 3.44. The van der Waals surface area contributed by atoms with Crippen LogP contribution in [0.15, 0.2) is 6.07 Å². The molecule has 0 bridgehead atoms. The minimum Gasteiger partial charge on any atom is -0.465 e. The van der Waals surface area contributed by atoms with Crippen LogP contribution < -0.4 is 0 Å². The lowest BCUT2D eigenvalue weighted by atomic mass is 10.2. The van der Waals surface area contributed by atoms with Gasteiger partial charge in [-0.25, -0.2) is 18.0 Å². The molecule has 0 saturated heterocycles. The van der Waals surface area contributed by atoms with E-state index in [0.29, 0.717) is 6.07 Å². The minimum absolute atomic E-state index is 0.506. The Morgan fingerprint density at radius 1 is 1.36 bits per heavy atom. The first-order chi connectivity index (χ1) is 6.49. The molecular formula is C8H4ClF3O2. The zero-order valence-electron chi connectivity index (χ0n) is 6.91. The zero-order valence-corrected chi connectivity index (χ0v) is 7.66. The van der Waals surface area contributed by atoms with Gasteiger partial charge >= 0.3 is 5.97 Å². The average Bonchev–Trinajstić information content (AvgIpc) is 2.14. The van der Waals surface area contributed by atoms with Crippen LogP contribution in [0.2, 0.25) is 5.02 Å². The highest BCUT2D eigenvalue weighted by Gasteiger charge is 2.23. The molecule has 0 aliphatic heterocycles. The Morgan fingerprint density at radius 2 is 1.93 bits per heavy atom. The number of carbonyl (C=O) groups is 1. The number of hydrogen-bond acceptors (Lipinski definition) is 2. The maximum absolute atomic E-state index is 13.0. The fraction of sp³-hybridized carbons (Fsp3) is 0.125. The Morgan fingerprint density at radius 3 is 2.43 bits per heavy atom. The molecule has 1 aromatic rings. The second-order valence-corrected chi connectivity index (χ2v) is 2.74. The second kappa shape index (κ2) is 3.88. The van der Waals surface area contributed by atoms with Crippen LogP contribution in [0, 0.1) is 17.5 Å². The van der Waals surface area contributed by atoms with Crippen LogP contribution in [-0.4, -0.2) is 13.1 Å². The van der Waals surface area contributed by atoms with Crippen LogP contribution in [-0.2, 0) is 4.74 Å². The molecule has 0 aliphatic rings. The summed E-state index contributed by atoms with van der Waals surface area (Å²) in [6.07, 6.45) is 0. The van der Waals surface area contributed by atoms with Crippen LogP contribution >= 0.6 is 11.6 Å². The molecule has 0 N–H and O–H groups in total. The van der Waals surface area contributed by atoms with E-state index >= 15 is 0 Å². The van der Waals surface area contributed by atoms with Crippen molar-refractivity contribution in [1.82, 2.24) is 0 Å². The summed E-state index contributed by atoms with van der Waals surface area (Å²) in [6.45, 7) is 0. The fourth-order valence-corrected chi connectivity index (χ4v) is 1.11. The van der Waals surface area contributed by atoms with E-state index in [9.17, 15) is 18.0 Å². The van der Waals surface area contributed by atoms with Gasteiger partial charge in [0.25, 0.3) is 0 Å². The first-order valence-corrected chi connectivity index (χ1v) is 3.78. The van der Waals surface area contributed by atoms with Gasteiger partial charge in [0, 0.05) is 0 Å². The lowest BCUT2D eigenvalue weighted by Gasteiger charge is -2.04. The zero-order chi connectivity index (χ0) is 10.9. The Labute approximate surface area is 82.2 Å². The van der Waals surface area contributed by atoms with E-state index in [1.54, 1.807) is 0 Å². The van der Waals surface area contributed by atoms with Crippen molar-refractivity contribution in [3.63, 3.8) is 0 Å². The van der Waals surface area contributed by atoms with Crippen LogP contribution in [0.25, 0.3) is 0 Å². The van der Waals surface area contributed by atoms with Crippen LogP contribution in [0.5, 0.6) is 0 Å². The van der Waals surface area contributed by atoms with E-state index in [-0.39, 0.29) is 0 Å². The molecule has 14 heavy (non-hydrogen) atoms. The highest BCUT2D eigenvalue weighted by Crippen LogP contribution is 2.24. The molecule has 0 amide bonds. The maximum atomic E-state index is 13.0. The number of halogens is 4. The predicted octanol–water partition coefficient (Wildman–Crippen LogP) is 2.54. The largest absolute Gasteiger partial charge is 0.465 e. The van der Waals surface area contributed by atoms with Gasteiger partial charge in [-0.15, -0.1) is 0 Å². The van der Waals surface area contributed by atoms with Crippen molar-refractivity contribution < 1.29 is 22.7 Å². The summed E-state index contributed by atoms with van der Waals surface area (Å²) in [5.74, 6) is -6.02. The van der Waals surface area contributed by atoms with Crippen LogP contribution in [0.4, 0.5) is 13.2 Å². The third-order valence-electron chi connectivity index (χ3n) is 1.50. The van der Waals surface area contributed by atoms with Crippen LogP contribution in [0.3, 0.4) is 0 Å².